The molecule has 0 aliphatic carbocycles. The molecule has 12 N–H and O–H groups in total. The lowest BCUT2D eigenvalue weighted by molar-refractivity contribution is -0.379. The molecule has 84 heavy (non-hydrogen) atoms. The molecule has 3 aliphatic heterocycles. The van der Waals surface area contributed by atoms with Crippen molar-refractivity contribution in [2.24, 2.45) is 0 Å². The molecule has 1 amide bonds. The van der Waals surface area contributed by atoms with Crippen molar-refractivity contribution in [3.05, 3.63) is 12.2 Å². The zero-order chi connectivity index (χ0) is 61.2. The maximum atomic E-state index is 13.2. The van der Waals surface area contributed by atoms with Gasteiger partial charge in [0.15, 0.2) is 18.9 Å². The van der Waals surface area contributed by atoms with Crippen molar-refractivity contribution in [2.45, 2.75) is 369 Å². The van der Waals surface area contributed by atoms with Gasteiger partial charge in [0.2, 0.25) is 5.91 Å². The van der Waals surface area contributed by atoms with Crippen LogP contribution in [0.15, 0.2) is 12.2 Å². The Morgan fingerprint density at radius 3 is 1.12 bits per heavy atom. The molecule has 3 saturated heterocycles. The SMILES string of the molecule is CCCCCCCCCCCCCCCCCCCCCCCCCCCCCCCCC/C=C/C(O)C(COC1OC(CO)C(OC2OC(CO)C(OC3OC(CO)C(O)C(O)C3O)C(O)C2O)C(O)C1O)NC(=O)CCCCCCCC. The van der Waals surface area contributed by atoms with E-state index in [2.05, 4.69) is 19.2 Å². The molecule has 19 nitrogen and oxygen atoms in total. The normalized spacial score (nSPS) is 29.2. The van der Waals surface area contributed by atoms with Crippen molar-refractivity contribution in [3.63, 3.8) is 0 Å². The van der Waals surface area contributed by atoms with Gasteiger partial charge < -0.3 is 89.9 Å². The van der Waals surface area contributed by atoms with Crippen molar-refractivity contribution in [1.29, 1.82) is 0 Å². The lowest BCUT2D eigenvalue weighted by Crippen LogP contribution is -2.66. The molecule has 17 unspecified atom stereocenters. The van der Waals surface area contributed by atoms with Gasteiger partial charge in [-0.1, -0.05) is 251 Å². The van der Waals surface area contributed by atoms with Crippen LogP contribution in [0.25, 0.3) is 0 Å². The second-order valence-electron chi connectivity index (χ2n) is 24.7. The Morgan fingerprint density at radius 2 is 0.738 bits per heavy atom. The van der Waals surface area contributed by atoms with Gasteiger partial charge in [-0.3, -0.25) is 4.79 Å². The number of hydrogen-bond acceptors (Lipinski definition) is 18. The molecule has 496 valence electrons. The van der Waals surface area contributed by atoms with Gasteiger partial charge in [0, 0.05) is 6.42 Å². The van der Waals surface area contributed by atoms with Gasteiger partial charge in [-0.15, -0.1) is 0 Å². The Hall–Kier alpha value is -1.47. The topological polar surface area (TPSA) is 307 Å². The van der Waals surface area contributed by atoms with Gasteiger partial charge in [0.25, 0.3) is 0 Å². The van der Waals surface area contributed by atoms with Gasteiger partial charge in [-0.2, -0.15) is 0 Å². The summed E-state index contributed by atoms with van der Waals surface area (Å²) in [6.45, 7) is 1.67. The van der Waals surface area contributed by atoms with Gasteiger partial charge in [-0.05, 0) is 19.3 Å². The first-order chi connectivity index (χ1) is 40.8. The highest BCUT2D eigenvalue weighted by atomic mass is 16.8. The molecule has 0 aromatic heterocycles. The zero-order valence-corrected chi connectivity index (χ0v) is 52.2. The van der Waals surface area contributed by atoms with E-state index in [0.29, 0.717) is 6.42 Å². The highest BCUT2D eigenvalue weighted by Crippen LogP contribution is 2.33. The summed E-state index contributed by atoms with van der Waals surface area (Å²) in [6.07, 6.45) is 25.7. The molecule has 0 aromatic rings. The molecule has 0 aromatic carbocycles. The third-order valence-electron chi connectivity index (χ3n) is 17.3. The van der Waals surface area contributed by atoms with E-state index in [1.54, 1.807) is 6.08 Å². The number of carbonyl (C=O) groups excluding carboxylic acids is 1. The number of rotatable bonds is 52. The maximum Gasteiger partial charge on any atom is 0.220 e. The molecule has 0 spiro atoms. The molecule has 0 saturated carbocycles. The molecule has 0 bridgehead atoms. The van der Waals surface area contributed by atoms with Crippen LogP contribution in [0.3, 0.4) is 0 Å². The minimum absolute atomic E-state index is 0.243. The number of unbranched alkanes of at least 4 members (excludes halogenated alkanes) is 36. The van der Waals surface area contributed by atoms with Crippen LogP contribution >= 0.6 is 0 Å². The fraction of sp³-hybridized carbons (Fsp3) is 0.954. The minimum Gasteiger partial charge on any atom is -0.394 e. The number of aliphatic hydroxyl groups excluding tert-OH is 11. The highest BCUT2D eigenvalue weighted by Gasteiger charge is 2.53. The standard InChI is InChI=1S/C65H123NO18/c1-3-5-7-9-11-12-13-14-15-16-17-18-19-20-21-22-23-24-25-26-27-28-29-30-31-32-33-34-35-36-37-38-40-42-49(70)48(66-53(71)43-41-39-10-8-6-4-2)47-79-63-59(77)56(74)61(51(45-68)81-63)84-65-60(78)57(75)62(52(46-69)82-65)83-64-58(76)55(73)54(72)50(44-67)80-64/h40,42,48-52,54-65,67-70,72-78H,3-39,41,43-47H2,1-2H3,(H,66,71)/b42-40+. The van der Waals surface area contributed by atoms with Crippen molar-refractivity contribution >= 4 is 5.91 Å². The van der Waals surface area contributed by atoms with E-state index in [9.17, 15) is 61.0 Å². The molecule has 3 fully saturated rings. The van der Waals surface area contributed by atoms with Crippen LogP contribution in [-0.4, -0.2) is 193 Å². The largest absolute Gasteiger partial charge is 0.394 e. The quantitative estimate of drug-likeness (QED) is 0.0202. The Balaban J connectivity index is 1.31. The molecule has 3 aliphatic rings. The van der Waals surface area contributed by atoms with Crippen LogP contribution < -0.4 is 5.32 Å². The minimum atomic E-state index is -1.97. The van der Waals surface area contributed by atoms with E-state index in [1.807, 2.05) is 6.08 Å². The summed E-state index contributed by atoms with van der Waals surface area (Å²) in [7, 11) is 0. The molecule has 0 radical (unpaired) electrons. The number of carbonyl (C=O) groups is 1. The number of ether oxygens (including phenoxy) is 6. The molecule has 3 heterocycles. The fourth-order valence-electron chi connectivity index (χ4n) is 11.8. The number of hydrogen-bond donors (Lipinski definition) is 12. The maximum absolute atomic E-state index is 13.2. The van der Waals surface area contributed by atoms with Crippen LogP contribution in [0.4, 0.5) is 0 Å². The van der Waals surface area contributed by atoms with Crippen molar-refractivity contribution in [2.75, 3.05) is 26.4 Å². The molecular weight excluding hydrogens is 1080 g/mol. The predicted octanol–water partition coefficient (Wildman–Crippen LogP) is 8.11. The van der Waals surface area contributed by atoms with Gasteiger partial charge in [-0.25, -0.2) is 0 Å². The first-order valence-electron chi connectivity index (χ1n) is 33.9. The summed E-state index contributed by atoms with van der Waals surface area (Å²) in [5, 5.41) is 120. The van der Waals surface area contributed by atoms with Gasteiger partial charge in [0.1, 0.15) is 73.2 Å². The number of aliphatic hydroxyl groups is 11. The third-order valence-corrected chi connectivity index (χ3v) is 17.3. The van der Waals surface area contributed by atoms with Crippen molar-refractivity contribution < 1.29 is 89.4 Å². The van der Waals surface area contributed by atoms with Crippen molar-refractivity contribution in [3.8, 4) is 0 Å². The summed E-state index contributed by atoms with van der Waals surface area (Å²) < 4.78 is 34.2. The second kappa shape index (κ2) is 48.4. The summed E-state index contributed by atoms with van der Waals surface area (Å²) >= 11 is 0. The second-order valence-corrected chi connectivity index (χ2v) is 24.7. The average Bonchev–Trinajstić information content (AvgIpc) is 2.90. The van der Waals surface area contributed by atoms with Crippen LogP contribution in [0.2, 0.25) is 0 Å². The van der Waals surface area contributed by atoms with Crippen LogP contribution in [-0.2, 0) is 33.2 Å². The Kier molecular flexibility index (Phi) is 44.2. The smallest absolute Gasteiger partial charge is 0.220 e. The molecule has 3 rings (SSSR count). The summed E-state index contributed by atoms with van der Waals surface area (Å²) in [6, 6.07) is -0.965. The summed E-state index contributed by atoms with van der Waals surface area (Å²) in [4.78, 5) is 13.2. The van der Waals surface area contributed by atoms with E-state index < -0.39 is 124 Å². The van der Waals surface area contributed by atoms with Crippen molar-refractivity contribution in [1.82, 2.24) is 5.32 Å². The molecular formula is C65H123NO18. The average molecular weight is 1210 g/mol. The first kappa shape index (κ1) is 76.8. The first-order valence-corrected chi connectivity index (χ1v) is 33.9. The highest BCUT2D eigenvalue weighted by molar-refractivity contribution is 5.76. The van der Waals surface area contributed by atoms with E-state index in [4.69, 9.17) is 28.4 Å². The summed E-state index contributed by atoms with van der Waals surface area (Å²) in [5.41, 5.74) is 0. The van der Waals surface area contributed by atoms with E-state index in [-0.39, 0.29) is 18.9 Å². The third kappa shape index (κ3) is 30.8. The lowest BCUT2D eigenvalue weighted by Gasteiger charge is -2.48. The number of nitrogens with one attached hydrogen (secondary N) is 1. The lowest BCUT2D eigenvalue weighted by atomic mass is 9.96. The monoisotopic (exact) mass is 1210 g/mol. The molecule has 17 atom stereocenters. The van der Waals surface area contributed by atoms with Crippen LogP contribution in [0, 0.1) is 0 Å². The Labute approximate surface area is 506 Å². The molecule has 19 heteroatoms. The number of allylic oxidation sites excluding steroid dienone is 1. The summed E-state index contributed by atoms with van der Waals surface area (Å²) in [5.74, 6) is -0.283. The fourth-order valence-corrected chi connectivity index (χ4v) is 11.8. The van der Waals surface area contributed by atoms with Gasteiger partial charge >= 0.3 is 0 Å². The van der Waals surface area contributed by atoms with E-state index >= 15 is 0 Å². The predicted molar refractivity (Wildman–Crippen MR) is 323 cm³/mol. The zero-order valence-electron chi connectivity index (χ0n) is 52.2. The Bertz CT molecular complexity index is 1580. The van der Waals surface area contributed by atoms with Crippen LogP contribution in [0.5, 0.6) is 0 Å². The van der Waals surface area contributed by atoms with E-state index in [1.165, 1.54) is 180 Å². The van der Waals surface area contributed by atoms with E-state index in [0.717, 1.165) is 57.8 Å². The Morgan fingerprint density at radius 1 is 0.417 bits per heavy atom. The van der Waals surface area contributed by atoms with Crippen LogP contribution in [0.1, 0.15) is 264 Å². The van der Waals surface area contributed by atoms with Gasteiger partial charge in [0.05, 0.1) is 38.6 Å². The number of amides is 1.